The van der Waals surface area contributed by atoms with Crippen molar-refractivity contribution in [3.8, 4) is 0 Å². The molecule has 5 nitrogen and oxygen atoms in total. The molecule has 0 saturated heterocycles. The number of benzene rings is 2. The molecule has 0 aliphatic heterocycles. The van der Waals surface area contributed by atoms with E-state index in [9.17, 15) is 15.2 Å². The predicted molar refractivity (Wildman–Crippen MR) is 74.2 cm³/mol. The molecule has 1 unspecified atom stereocenters. The molecule has 2 aromatic rings. The Morgan fingerprint density at radius 3 is 2.45 bits per heavy atom. The summed E-state index contributed by atoms with van der Waals surface area (Å²) in [4.78, 5) is 10.4. The van der Waals surface area contributed by atoms with Crippen molar-refractivity contribution in [3.63, 3.8) is 0 Å². The molecule has 0 aliphatic rings. The minimum absolute atomic E-state index is 0.0136. The van der Waals surface area contributed by atoms with E-state index in [0.717, 1.165) is 5.56 Å². The lowest BCUT2D eigenvalue weighted by atomic mass is 10.1. The lowest BCUT2D eigenvalue weighted by Crippen LogP contribution is -2.09. The monoisotopic (exact) mass is 273 g/mol. The van der Waals surface area contributed by atoms with Gasteiger partial charge in [0.1, 0.15) is 6.10 Å². The largest absolute Gasteiger partial charge is 0.386 e. The molecule has 0 amide bonds. The summed E-state index contributed by atoms with van der Waals surface area (Å²) in [6.07, 6.45) is -1.01. The molecule has 0 aliphatic carbocycles. The van der Waals surface area contributed by atoms with Crippen LogP contribution in [0.2, 0.25) is 0 Å². The van der Waals surface area contributed by atoms with Crippen molar-refractivity contribution in [2.45, 2.75) is 12.7 Å². The molecule has 0 aromatic heterocycles. The molecule has 0 heterocycles. The van der Waals surface area contributed by atoms with Crippen molar-refractivity contribution in [1.82, 2.24) is 0 Å². The summed E-state index contributed by atoms with van der Waals surface area (Å²) < 4.78 is 5.40. The van der Waals surface area contributed by atoms with Crippen molar-refractivity contribution < 1.29 is 14.8 Å². The fraction of sp³-hybridized carbons (Fsp3) is 0.200. The Morgan fingerprint density at radius 2 is 1.75 bits per heavy atom. The van der Waals surface area contributed by atoms with E-state index in [1.165, 1.54) is 12.1 Å². The van der Waals surface area contributed by atoms with Crippen LogP contribution in [-0.4, -0.2) is 16.6 Å². The van der Waals surface area contributed by atoms with E-state index in [0.29, 0.717) is 6.61 Å². The fourth-order valence-corrected chi connectivity index (χ4v) is 1.89. The molecule has 0 fully saturated rings. The Kier molecular flexibility index (Phi) is 4.81. The molecule has 2 aromatic carbocycles. The standard InChI is InChI=1S/C15H15NO4/c17-15(11-20-10-12-6-2-1-3-7-12)13-8-4-5-9-14(13)16(18)19/h1-9,15,17H,10-11H2. The number of hydrogen-bond donors (Lipinski definition) is 1. The second kappa shape index (κ2) is 6.79. The van der Waals surface area contributed by atoms with Crippen molar-refractivity contribution in [2.24, 2.45) is 0 Å². The number of aliphatic hydroxyl groups excluding tert-OH is 1. The average molecular weight is 273 g/mol. The first-order valence-electron chi connectivity index (χ1n) is 6.21. The Balaban J connectivity index is 1.95. The zero-order valence-electron chi connectivity index (χ0n) is 10.8. The number of para-hydroxylation sites is 1. The van der Waals surface area contributed by atoms with Gasteiger partial charge in [-0.1, -0.05) is 42.5 Å². The van der Waals surface area contributed by atoms with Gasteiger partial charge < -0.3 is 9.84 Å². The number of hydrogen-bond acceptors (Lipinski definition) is 4. The number of ether oxygens (including phenoxy) is 1. The molecule has 104 valence electrons. The molecule has 0 spiro atoms. The van der Waals surface area contributed by atoms with Gasteiger partial charge in [0.25, 0.3) is 5.69 Å². The fourth-order valence-electron chi connectivity index (χ4n) is 1.89. The Labute approximate surface area is 116 Å². The second-order valence-electron chi connectivity index (χ2n) is 4.33. The van der Waals surface area contributed by atoms with Gasteiger partial charge in [0.05, 0.1) is 23.7 Å². The number of nitrogens with zero attached hydrogens (tertiary/aromatic N) is 1. The highest BCUT2D eigenvalue weighted by molar-refractivity contribution is 5.41. The molecule has 20 heavy (non-hydrogen) atoms. The third kappa shape index (κ3) is 3.63. The van der Waals surface area contributed by atoms with Crippen molar-refractivity contribution in [2.75, 3.05) is 6.61 Å². The summed E-state index contributed by atoms with van der Waals surface area (Å²) >= 11 is 0. The Morgan fingerprint density at radius 1 is 1.10 bits per heavy atom. The Bertz CT molecular complexity index is 571. The second-order valence-corrected chi connectivity index (χ2v) is 4.33. The molecule has 1 atom stereocenters. The minimum Gasteiger partial charge on any atom is -0.386 e. The third-order valence-corrected chi connectivity index (χ3v) is 2.88. The van der Waals surface area contributed by atoms with Crippen LogP contribution in [0.5, 0.6) is 0 Å². The normalized spacial score (nSPS) is 12.1. The van der Waals surface area contributed by atoms with Crippen LogP contribution in [0.25, 0.3) is 0 Å². The highest BCUT2D eigenvalue weighted by atomic mass is 16.6. The van der Waals surface area contributed by atoms with E-state index in [1.54, 1.807) is 12.1 Å². The highest BCUT2D eigenvalue weighted by Crippen LogP contribution is 2.24. The first-order chi connectivity index (χ1) is 9.68. The smallest absolute Gasteiger partial charge is 0.275 e. The van der Waals surface area contributed by atoms with Crippen LogP contribution in [0.3, 0.4) is 0 Å². The van der Waals surface area contributed by atoms with Crippen molar-refractivity contribution >= 4 is 5.69 Å². The molecule has 1 N–H and O–H groups in total. The zero-order valence-corrected chi connectivity index (χ0v) is 10.8. The Hall–Kier alpha value is -2.24. The quantitative estimate of drug-likeness (QED) is 0.648. The van der Waals surface area contributed by atoms with Crippen LogP contribution in [0.15, 0.2) is 54.6 Å². The van der Waals surface area contributed by atoms with E-state index < -0.39 is 11.0 Å². The predicted octanol–water partition coefficient (Wildman–Crippen LogP) is 2.85. The van der Waals surface area contributed by atoms with Crippen LogP contribution in [0.1, 0.15) is 17.2 Å². The van der Waals surface area contributed by atoms with Crippen LogP contribution >= 0.6 is 0 Å². The topological polar surface area (TPSA) is 72.6 Å². The first-order valence-corrected chi connectivity index (χ1v) is 6.21. The van der Waals surface area contributed by atoms with Gasteiger partial charge in [-0.25, -0.2) is 0 Å². The number of rotatable bonds is 6. The summed E-state index contributed by atoms with van der Waals surface area (Å²) in [5, 5.41) is 20.9. The van der Waals surface area contributed by atoms with Crippen LogP contribution in [-0.2, 0) is 11.3 Å². The minimum atomic E-state index is -1.01. The summed E-state index contributed by atoms with van der Waals surface area (Å²) in [7, 11) is 0. The van der Waals surface area contributed by atoms with Gasteiger partial charge in [-0.3, -0.25) is 10.1 Å². The van der Waals surface area contributed by atoms with Gasteiger partial charge >= 0.3 is 0 Å². The number of nitro groups is 1. The van der Waals surface area contributed by atoms with Crippen LogP contribution in [0.4, 0.5) is 5.69 Å². The van der Waals surface area contributed by atoms with Crippen LogP contribution in [0, 0.1) is 10.1 Å². The third-order valence-electron chi connectivity index (χ3n) is 2.88. The highest BCUT2D eigenvalue weighted by Gasteiger charge is 2.19. The summed E-state index contributed by atoms with van der Waals surface area (Å²) in [6, 6.07) is 15.7. The summed E-state index contributed by atoms with van der Waals surface area (Å²) in [6.45, 7) is 0.373. The molecule has 5 heteroatoms. The van der Waals surface area contributed by atoms with Gasteiger partial charge in [0.15, 0.2) is 0 Å². The average Bonchev–Trinajstić information content (AvgIpc) is 2.48. The molecule has 0 bridgehead atoms. The van der Waals surface area contributed by atoms with Crippen LogP contribution < -0.4 is 0 Å². The lowest BCUT2D eigenvalue weighted by Gasteiger charge is -2.12. The maximum atomic E-state index is 10.9. The maximum Gasteiger partial charge on any atom is 0.275 e. The molecule has 2 rings (SSSR count). The van der Waals surface area contributed by atoms with Gasteiger partial charge in [0, 0.05) is 6.07 Å². The number of aliphatic hydroxyl groups is 1. The summed E-state index contributed by atoms with van der Waals surface area (Å²) in [5.74, 6) is 0. The lowest BCUT2D eigenvalue weighted by molar-refractivity contribution is -0.386. The molecular weight excluding hydrogens is 258 g/mol. The van der Waals surface area contributed by atoms with E-state index in [4.69, 9.17) is 4.74 Å². The van der Waals surface area contributed by atoms with E-state index in [-0.39, 0.29) is 17.9 Å². The van der Waals surface area contributed by atoms with Crippen molar-refractivity contribution in [1.29, 1.82) is 0 Å². The van der Waals surface area contributed by atoms with Crippen molar-refractivity contribution in [3.05, 3.63) is 75.8 Å². The zero-order chi connectivity index (χ0) is 14.4. The van der Waals surface area contributed by atoms with Gasteiger partial charge in [0.2, 0.25) is 0 Å². The van der Waals surface area contributed by atoms with E-state index >= 15 is 0 Å². The van der Waals surface area contributed by atoms with E-state index in [2.05, 4.69) is 0 Å². The molecule has 0 saturated carbocycles. The molecule has 0 radical (unpaired) electrons. The van der Waals surface area contributed by atoms with E-state index in [1.807, 2.05) is 30.3 Å². The SMILES string of the molecule is O=[N+]([O-])c1ccccc1C(O)COCc1ccccc1. The molecular formula is C15H15NO4. The van der Waals surface area contributed by atoms with Gasteiger partial charge in [-0.2, -0.15) is 0 Å². The maximum absolute atomic E-state index is 10.9. The first kappa shape index (κ1) is 14.2. The summed E-state index contributed by atoms with van der Waals surface area (Å²) in [5.41, 5.74) is 1.16. The van der Waals surface area contributed by atoms with Gasteiger partial charge in [-0.05, 0) is 11.6 Å². The number of nitro benzene ring substituents is 1. The van der Waals surface area contributed by atoms with Gasteiger partial charge in [-0.15, -0.1) is 0 Å².